The SMILES string of the molecule is CSc1ccccc1NC(=O)C1CCCN(S(=O)(=O)Cc2cccc(Cl)c2)C1. The molecule has 1 aliphatic rings. The zero-order valence-electron chi connectivity index (χ0n) is 15.6. The second kappa shape index (κ2) is 9.31. The van der Waals surface area contributed by atoms with Gasteiger partial charge in [-0.15, -0.1) is 11.8 Å². The first-order valence-electron chi connectivity index (χ1n) is 9.05. The van der Waals surface area contributed by atoms with Crippen LogP contribution in [0.4, 0.5) is 5.69 Å². The van der Waals surface area contributed by atoms with Gasteiger partial charge in [0.05, 0.1) is 17.4 Å². The van der Waals surface area contributed by atoms with Gasteiger partial charge in [0.15, 0.2) is 0 Å². The molecule has 28 heavy (non-hydrogen) atoms. The molecule has 1 amide bonds. The molecule has 0 bridgehead atoms. The van der Waals surface area contributed by atoms with Gasteiger partial charge in [-0.05, 0) is 48.9 Å². The lowest BCUT2D eigenvalue weighted by atomic mass is 9.99. The quantitative estimate of drug-likeness (QED) is 0.685. The maximum atomic E-state index is 12.8. The van der Waals surface area contributed by atoms with Gasteiger partial charge in [0.25, 0.3) is 0 Å². The third-order valence-corrected chi connectivity index (χ3v) is 7.60. The van der Waals surface area contributed by atoms with Crippen molar-refractivity contribution < 1.29 is 13.2 Å². The van der Waals surface area contributed by atoms with E-state index in [-0.39, 0.29) is 24.1 Å². The minimum absolute atomic E-state index is 0.114. The number of piperidine rings is 1. The average Bonchev–Trinajstić information content (AvgIpc) is 2.68. The molecule has 1 saturated heterocycles. The Morgan fingerprint density at radius 2 is 2.04 bits per heavy atom. The van der Waals surface area contributed by atoms with Crippen molar-refractivity contribution in [3.63, 3.8) is 0 Å². The van der Waals surface area contributed by atoms with Crippen molar-refractivity contribution >= 4 is 45.0 Å². The van der Waals surface area contributed by atoms with Crippen LogP contribution in [0, 0.1) is 5.92 Å². The maximum absolute atomic E-state index is 12.8. The van der Waals surface area contributed by atoms with Gasteiger partial charge in [-0.25, -0.2) is 12.7 Å². The molecule has 0 aromatic heterocycles. The summed E-state index contributed by atoms with van der Waals surface area (Å²) in [7, 11) is -3.51. The molecule has 1 unspecified atom stereocenters. The van der Waals surface area contributed by atoms with Crippen LogP contribution < -0.4 is 5.32 Å². The third-order valence-electron chi connectivity index (χ3n) is 4.75. The number of thioether (sulfide) groups is 1. The molecule has 1 N–H and O–H groups in total. The Labute approximate surface area is 175 Å². The zero-order valence-corrected chi connectivity index (χ0v) is 18.0. The highest BCUT2D eigenvalue weighted by molar-refractivity contribution is 7.98. The minimum atomic E-state index is -3.51. The summed E-state index contributed by atoms with van der Waals surface area (Å²) in [5.74, 6) is -0.612. The van der Waals surface area contributed by atoms with E-state index >= 15 is 0 Å². The monoisotopic (exact) mass is 438 g/mol. The highest BCUT2D eigenvalue weighted by Crippen LogP contribution is 2.27. The lowest BCUT2D eigenvalue weighted by molar-refractivity contribution is -0.120. The second-order valence-corrected chi connectivity index (χ2v) is 10.0. The van der Waals surface area contributed by atoms with Crippen LogP contribution in [0.25, 0.3) is 0 Å². The second-order valence-electron chi connectivity index (χ2n) is 6.77. The van der Waals surface area contributed by atoms with Gasteiger partial charge < -0.3 is 5.32 Å². The molecular weight excluding hydrogens is 416 g/mol. The Morgan fingerprint density at radius 1 is 1.25 bits per heavy atom. The van der Waals surface area contributed by atoms with Gasteiger partial charge in [-0.3, -0.25) is 4.79 Å². The molecule has 0 spiro atoms. The molecule has 2 aromatic carbocycles. The van der Waals surface area contributed by atoms with Gasteiger partial charge >= 0.3 is 0 Å². The van der Waals surface area contributed by atoms with Gasteiger partial charge in [0.1, 0.15) is 0 Å². The van der Waals surface area contributed by atoms with Gasteiger partial charge in [-0.1, -0.05) is 35.9 Å². The molecule has 0 saturated carbocycles. The Kier molecular flexibility index (Phi) is 7.04. The zero-order chi connectivity index (χ0) is 20.1. The molecule has 8 heteroatoms. The Balaban J connectivity index is 1.68. The van der Waals surface area contributed by atoms with Crippen LogP contribution in [0.5, 0.6) is 0 Å². The van der Waals surface area contributed by atoms with Crippen LogP contribution >= 0.6 is 23.4 Å². The van der Waals surface area contributed by atoms with E-state index < -0.39 is 10.0 Å². The Hall–Kier alpha value is -1.54. The van der Waals surface area contributed by atoms with E-state index in [1.54, 1.807) is 36.0 Å². The fourth-order valence-electron chi connectivity index (χ4n) is 3.32. The molecule has 5 nitrogen and oxygen atoms in total. The predicted molar refractivity (Wildman–Crippen MR) is 115 cm³/mol. The molecule has 1 heterocycles. The van der Waals surface area contributed by atoms with Crippen molar-refractivity contribution in [2.24, 2.45) is 5.92 Å². The molecule has 1 fully saturated rings. The number of para-hydroxylation sites is 1. The smallest absolute Gasteiger partial charge is 0.228 e. The van der Waals surface area contributed by atoms with Crippen molar-refractivity contribution in [3.05, 3.63) is 59.1 Å². The van der Waals surface area contributed by atoms with E-state index in [2.05, 4.69) is 5.32 Å². The minimum Gasteiger partial charge on any atom is -0.325 e. The summed E-state index contributed by atoms with van der Waals surface area (Å²) in [4.78, 5) is 13.7. The molecule has 1 aliphatic heterocycles. The van der Waals surface area contributed by atoms with Crippen LogP contribution in [0.2, 0.25) is 5.02 Å². The lowest BCUT2D eigenvalue weighted by Gasteiger charge is -2.31. The first-order chi connectivity index (χ1) is 13.4. The van der Waals surface area contributed by atoms with Crippen LogP contribution in [-0.2, 0) is 20.6 Å². The van der Waals surface area contributed by atoms with Crippen molar-refractivity contribution in [2.75, 3.05) is 24.7 Å². The normalized spacial score (nSPS) is 18.0. The first kappa shape index (κ1) is 21.2. The van der Waals surface area contributed by atoms with Crippen LogP contribution in [0.15, 0.2) is 53.4 Å². The standard InChI is InChI=1S/C20H23ClN2O3S2/c1-27-19-10-3-2-9-18(19)22-20(24)16-7-5-11-23(13-16)28(25,26)14-15-6-4-8-17(21)12-15/h2-4,6,8-10,12,16H,5,7,11,13-14H2,1H3,(H,22,24). The van der Waals surface area contributed by atoms with Gasteiger partial charge in [0, 0.05) is 23.0 Å². The lowest BCUT2D eigenvalue weighted by Crippen LogP contribution is -2.44. The number of anilines is 1. The summed E-state index contributed by atoms with van der Waals surface area (Å²) in [6.45, 7) is 0.643. The summed E-state index contributed by atoms with van der Waals surface area (Å²) in [6, 6.07) is 14.5. The number of rotatable bonds is 6. The Bertz CT molecular complexity index is 950. The highest BCUT2D eigenvalue weighted by atomic mass is 35.5. The number of carbonyl (C=O) groups is 1. The van der Waals surface area contributed by atoms with Crippen LogP contribution in [0.1, 0.15) is 18.4 Å². The number of amides is 1. The van der Waals surface area contributed by atoms with E-state index in [1.165, 1.54) is 4.31 Å². The maximum Gasteiger partial charge on any atom is 0.228 e. The van der Waals surface area contributed by atoms with Crippen molar-refractivity contribution in [1.82, 2.24) is 4.31 Å². The number of carbonyl (C=O) groups excluding carboxylic acids is 1. The average molecular weight is 439 g/mol. The molecular formula is C20H23ClN2O3S2. The highest BCUT2D eigenvalue weighted by Gasteiger charge is 2.32. The van der Waals surface area contributed by atoms with Crippen LogP contribution in [0.3, 0.4) is 0 Å². The summed E-state index contributed by atoms with van der Waals surface area (Å²) < 4.78 is 27.1. The van der Waals surface area contributed by atoms with Gasteiger partial charge in [0.2, 0.25) is 15.9 Å². The van der Waals surface area contributed by atoms with Crippen molar-refractivity contribution in [3.8, 4) is 0 Å². The number of sulfonamides is 1. The number of hydrogen-bond donors (Lipinski definition) is 1. The topological polar surface area (TPSA) is 66.5 Å². The van der Waals surface area contributed by atoms with Gasteiger partial charge in [-0.2, -0.15) is 0 Å². The van der Waals surface area contributed by atoms with Crippen molar-refractivity contribution in [2.45, 2.75) is 23.5 Å². The van der Waals surface area contributed by atoms with Crippen molar-refractivity contribution in [1.29, 1.82) is 0 Å². The molecule has 3 rings (SSSR count). The molecule has 1 atom stereocenters. The molecule has 150 valence electrons. The largest absolute Gasteiger partial charge is 0.325 e. The molecule has 2 aromatic rings. The molecule has 0 radical (unpaired) electrons. The van der Waals surface area contributed by atoms with E-state index in [9.17, 15) is 13.2 Å². The number of nitrogens with one attached hydrogen (secondary N) is 1. The predicted octanol–water partition coefficient (Wildman–Crippen LogP) is 4.24. The van der Waals surface area contributed by atoms with E-state index in [0.29, 0.717) is 30.0 Å². The molecule has 0 aliphatic carbocycles. The third kappa shape index (κ3) is 5.29. The number of hydrogen-bond acceptors (Lipinski definition) is 4. The van der Waals surface area contributed by atoms with E-state index in [1.807, 2.05) is 30.5 Å². The number of halogens is 1. The number of benzene rings is 2. The number of nitrogens with zero attached hydrogens (tertiary/aromatic N) is 1. The first-order valence-corrected chi connectivity index (χ1v) is 12.3. The summed E-state index contributed by atoms with van der Waals surface area (Å²) in [5.41, 5.74) is 1.41. The fraction of sp³-hybridized carbons (Fsp3) is 0.350. The summed E-state index contributed by atoms with van der Waals surface area (Å²) in [6.07, 6.45) is 3.29. The fourth-order valence-corrected chi connectivity index (χ4v) is 5.68. The summed E-state index contributed by atoms with van der Waals surface area (Å²) >= 11 is 7.52. The van der Waals surface area contributed by atoms with E-state index in [0.717, 1.165) is 10.6 Å². The summed E-state index contributed by atoms with van der Waals surface area (Å²) in [5, 5.41) is 3.47. The van der Waals surface area contributed by atoms with Crippen LogP contribution in [-0.4, -0.2) is 38.0 Å². The van der Waals surface area contributed by atoms with E-state index in [4.69, 9.17) is 11.6 Å². The Morgan fingerprint density at radius 3 is 2.79 bits per heavy atom.